The normalized spacial score (nSPS) is 17.6. The third kappa shape index (κ3) is 4.88. The second-order valence-corrected chi connectivity index (χ2v) is 9.83. The zero-order valence-corrected chi connectivity index (χ0v) is 19.0. The molecule has 3 rings (SSSR count). The maximum absolute atomic E-state index is 12.5. The van der Waals surface area contributed by atoms with E-state index in [0.29, 0.717) is 5.69 Å². The van der Waals surface area contributed by atoms with E-state index in [9.17, 15) is 4.79 Å². The smallest absolute Gasteiger partial charge is 0.444 e. The van der Waals surface area contributed by atoms with Crippen LogP contribution in [0.4, 0.5) is 10.5 Å². The summed E-state index contributed by atoms with van der Waals surface area (Å²) in [6.07, 6.45) is -0.514. The summed E-state index contributed by atoms with van der Waals surface area (Å²) in [4.78, 5) is 12.5. The molecule has 5 nitrogen and oxygen atoms in total. The van der Waals surface area contributed by atoms with Crippen LogP contribution in [0.2, 0.25) is 0 Å². The zero-order chi connectivity index (χ0) is 22.2. The van der Waals surface area contributed by atoms with Crippen LogP contribution in [0.5, 0.6) is 0 Å². The van der Waals surface area contributed by atoms with Crippen LogP contribution in [-0.4, -0.2) is 24.4 Å². The highest BCUT2D eigenvalue weighted by atomic mass is 16.7. The lowest BCUT2D eigenvalue weighted by Crippen LogP contribution is -2.41. The number of benzene rings is 2. The average molecular weight is 409 g/mol. The minimum atomic E-state index is -0.582. The Labute approximate surface area is 180 Å². The van der Waals surface area contributed by atoms with Gasteiger partial charge < -0.3 is 14.0 Å². The number of carbonyl (C=O) groups is 1. The van der Waals surface area contributed by atoms with Crippen molar-refractivity contribution < 1.29 is 18.8 Å². The van der Waals surface area contributed by atoms with Crippen LogP contribution in [0.3, 0.4) is 0 Å². The summed E-state index contributed by atoms with van der Waals surface area (Å²) in [6, 6.07) is 15.6. The lowest BCUT2D eigenvalue weighted by Gasteiger charge is -2.32. The summed E-state index contributed by atoms with van der Waals surface area (Å²) in [5.74, 6) is 0. The van der Waals surface area contributed by atoms with Crippen molar-refractivity contribution >= 4 is 24.4 Å². The van der Waals surface area contributed by atoms with E-state index in [4.69, 9.17) is 14.0 Å². The van der Waals surface area contributed by atoms with E-state index >= 15 is 0 Å². The molecule has 2 aromatic carbocycles. The van der Waals surface area contributed by atoms with Crippen LogP contribution in [0.15, 0.2) is 48.5 Å². The third-order valence-corrected chi connectivity index (χ3v) is 5.87. The first-order valence-electron chi connectivity index (χ1n) is 10.4. The molecule has 1 aliphatic heterocycles. The maximum atomic E-state index is 12.5. The molecule has 0 atom stereocenters. The van der Waals surface area contributed by atoms with Crippen LogP contribution in [0.25, 0.3) is 0 Å². The van der Waals surface area contributed by atoms with E-state index in [1.54, 1.807) is 0 Å². The number of carbonyl (C=O) groups excluding carboxylic acids is 1. The number of amides is 1. The first-order valence-corrected chi connectivity index (χ1v) is 10.4. The van der Waals surface area contributed by atoms with Crippen molar-refractivity contribution in [1.29, 1.82) is 0 Å². The quantitative estimate of drug-likeness (QED) is 0.720. The fourth-order valence-electron chi connectivity index (χ4n) is 3.18. The molecule has 160 valence electrons. The van der Waals surface area contributed by atoms with Crippen LogP contribution < -0.4 is 10.8 Å². The van der Waals surface area contributed by atoms with Crippen molar-refractivity contribution in [3.63, 3.8) is 0 Å². The molecule has 0 aliphatic carbocycles. The van der Waals surface area contributed by atoms with Gasteiger partial charge in [-0.1, -0.05) is 63.2 Å². The van der Waals surface area contributed by atoms with Gasteiger partial charge in [0, 0.05) is 11.2 Å². The first-order chi connectivity index (χ1) is 13.9. The molecular weight excluding hydrogens is 377 g/mol. The van der Waals surface area contributed by atoms with Crippen LogP contribution >= 0.6 is 0 Å². The van der Waals surface area contributed by atoms with Crippen molar-refractivity contribution in [2.24, 2.45) is 0 Å². The highest BCUT2D eigenvalue weighted by molar-refractivity contribution is 6.64. The summed E-state index contributed by atoms with van der Waals surface area (Å²) in [6.45, 7) is 14.7. The van der Waals surface area contributed by atoms with Crippen LogP contribution in [-0.2, 0) is 26.1 Å². The number of anilines is 1. The Hall–Kier alpha value is -2.31. The van der Waals surface area contributed by atoms with Crippen molar-refractivity contribution in [3.05, 3.63) is 59.7 Å². The van der Waals surface area contributed by atoms with Gasteiger partial charge in [-0.2, -0.15) is 0 Å². The van der Waals surface area contributed by atoms with Crippen LogP contribution in [0.1, 0.15) is 59.6 Å². The number of ether oxygens (including phenoxy) is 1. The van der Waals surface area contributed by atoms with Gasteiger partial charge in [0.25, 0.3) is 0 Å². The standard InChI is InChI=1S/C24H32BNO4/c1-22(2,3)18-13-14-20(26-21(27)28-16-17-11-9-8-10-12-17)19(15-18)25-29-23(4,5)24(6,7)30-25/h8-15H,16H2,1-7H3,(H,26,27). The largest absolute Gasteiger partial charge is 0.496 e. The molecule has 0 radical (unpaired) electrons. The van der Waals surface area contributed by atoms with E-state index in [1.165, 1.54) is 0 Å². The maximum Gasteiger partial charge on any atom is 0.496 e. The monoisotopic (exact) mass is 409 g/mol. The Bertz CT molecular complexity index is 887. The summed E-state index contributed by atoms with van der Waals surface area (Å²) in [5.41, 5.74) is 2.49. The molecule has 1 saturated heterocycles. The number of hydrogen-bond acceptors (Lipinski definition) is 4. The molecule has 1 amide bonds. The molecule has 1 heterocycles. The van der Waals surface area contributed by atoms with Gasteiger partial charge in [0.2, 0.25) is 0 Å². The topological polar surface area (TPSA) is 56.8 Å². The third-order valence-electron chi connectivity index (χ3n) is 5.87. The SMILES string of the molecule is CC(C)(C)c1ccc(NC(=O)OCc2ccccc2)c(B2OC(C)(C)C(C)(C)O2)c1. The summed E-state index contributed by atoms with van der Waals surface area (Å²) < 4.78 is 17.9. The highest BCUT2D eigenvalue weighted by Crippen LogP contribution is 2.37. The van der Waals surface area contributed by atoms with E-state index in [1.807, 2.05) is 70.2 Å². The number of rotatable bonds is 4. The molecule has 30 heavy (non-hydrogen) atoms. The molecule has 0 bridgehead atoms. The molecule has 0 spiro atoms. The lowest BCUT2D eigenvalue weighted by atomic mass is 9.74. The molecule has 1 aliphatic rings. The molecule has 6 heteroatoms. The van der Waals surface area contributed by atoms with Gasteiger partial charge >= 0.3 is 13.2 Å². The summed E-state index contributed by atoms with van der Waals surface area (Å²) in [5, 5.41) is 2.87. The average Bonchev–Trinajstić information content (AvgIpc) is 2.87. The van der Waals surface area contributed by atoms with Gasteiger partial charge in [-0.3, -0.25) is 5.32 Å². The molecule has 1 N–H and O–H groups in total. The molecular formula is C24H32BNO4. The van der Waals surface area contributed by atoms with Crippen molar-refractivity contribution in [2.45, 2.75) is 71.7 Å². The van der Waals surface area contributed by atoms with E-state index in [0.717, 1.165) is 16.6 Å². The second-order valence-electron chi connectivity index (χ2n) is 9.83. The van der Waals surface area contributed by atoms with Crippen molar-refractivity contribution in [3.8, 4) is 0 Å². The van der Waals surface area contributed by atoms with Gasteiger partial charge in [-0.15, -0.1) is 0 Å². The number of nitrogens with one attached hydrogen (secondary N) is 1. The molecule has 0 unspecified atom stereocenters. The molecule has 0 aromatic heterocycles. The van der Waals surface area contributed by atoms with Gasteiger partial charge in [0.05, 0.1) is 11.2 Å². The minimum absolute atomic E-state index is 0.0509. The van der Waals surface area contributed by atoms with Crippen LogP contribution in [0, 0.1) is 0 Å². The Morgan fingerprint density at radius 3 is 2.17 bits per heavy atom. The van der Waals surface area contributed by atoms with E-state index in [-0.39, 0.29) is 12.0 Å². The minimum Gasteiger partial charge on any atom is -0.444 e. The predicted molar refractivity (Wildman–Crippen MR) is 121 cm³/mol. The van der Waals surface area contributed by atoms with Gasteiger partial charge in [0.1, 0.15) is 6.61 Å². The molecule has 0 saturated carbocycles. The zero-order valence-electron chi connectivity index (χ0n) is 19.0. The van der Waals surface area contributed by atoms with Crippen molar-refractivity contribution in [2.75, 3.05) is 5.32 Å². The first kappa shape index (κ1) is 22.4. The van der Waals surface area contributed by atoms with E-state index in [2.05, 4.69) is 32.2 Å². The fraction of sp³-hybridized carbons (Fsp3) is 0.458. The van der Waals surface area contributed by atoms with Gasteiger partial charge in [-0.25, -0.2) is 4.79 Å². The summed E-state index contributed by atoms with van der Waals surface area (Å²) in [7, 11) is -0.582. The predicted octanol–water partition coefficient (Wildman–Crippen LogP) is 5.03. The van der Waals surface area contributed by atoms with Gasteiger partial charge in [0.15, 0.2) is 0 Å². The Morgan fingerprint density at radius 1 is 1.00 bits per heavy atom. The fourth-order valence-corrected chi connectivity index (χ4v) is 3.18. The lowest BCUT2D eigenvalue weighted by molar-refractivity contribution is 0.00578. The Kier molecular flexibility index (Phi) is 6.03. The van der Waals surface area contributed by atoms with Crippen molar-refractivity contribution in [1.82, 2.24) is 0 Å². The summed E-state index contributed by atoms with van der Waals surface area (Å²) >= 11 is 0. The number of hydrogen-bond donors (Lipinski definition) is 1. The van der Waals surface area contributed by atoms with Gasteiger partial charge in [-0.05, 0) is 50.3 Å². The highest BCUT2D eigenvalue weighted by Gasteiger charge is 2.52. The Morgan fingerprint density at radius 2 is 1.60 bits per heavy atom. The van der Waals surface area contributed by atoms with E-state index < -0.39 is 24.4 Å². The Balaban J connectivity index is 1.84. The molecule has 2 aromatic rings. The molecule has 1 fully saturated rings. The second kappa shape index (κ2) is 8.08.